The lowest BCUT2D eigenvalue weighted by Gasteiger charge is -1.87. The number of aliphatic hydroxyl groups excluding tert-OH is 1. The summed E-state index contributed by atoms with van der Waals surface area (Å²) >= 11 is 0. The number of hydrogen-bond acceptors (Lipinski definition) is 4. The molecule has 11 heavy (non-hydrogen) atoms. The van der Waals surface area contributed by atoms with Gasteiger partial charge in [0.25, 0.3) is 0 Å². The van der Waals surface area contributed by atoms with Crippen molar-refractivity contribution in [2.45, 2.75) is 6.42 Å². The molecule has 1 atom stereocenters. The van der Waals surface area contributed by atoms with Crippen molar-refractivity contribution in [1.82, 2.24) is 0 Å². The molecule has 0 aliphatic carbocycles. The van der Waals surface area contributed by atoms with Crippen LogP contribution in [0.25, 0.3) is 0 Å². The molecule has 0 amide bonds. The molecule has 0 aromatic carbocycles. The van der Waals surface area contributed by atoms with E-state index in [1.807, 2.05) is 0 Å². The molecule has 0 fully saturated rings. The molecule has 0 heterocycles. The van der Waals surface area contributed by atoms with Crippen LogP contribution in [0.2, 0.25) is 0 Å². The van der Waals surface area contributed by atoms with E-state index in [0.29, 0.717) is 6.42 Å². The van der Waals surface area contributed by atoms with E-state index in [1.165, 1.54) is 6.08 Å². The summed E-state index contributed by atoms with van der Waals surface area (Å²) in [6, 6.07) is 0. The number of aliphatic hydroxyl groups is 1. The van der Waals surface area contributed by atoms with E-state index in [0.717, 1.165) is 0 Å². The summed E-state index contributed by atoms with van der Waals surface area (Å²) < 4.78 is 19.9. The Morgan fingerprint density at radius 3 is 2.82 bits per heavy atom. The molecule has 4 nitrogen and oxygen atoms in total. The lowest BCUT2D eigenvalue weighted by molar-refractivity contribution is 0.208. The Morgan fingerprint density at radius 1 is 1.55 bits per heavy atom. The summed E-state index contributed by atoms with van der Waals surface area (Å²) in [6.45, 7) is 3.88. The molecule has 0 bridgehead atoms. The van der Waals surface area contributed by atoms with Crippen LogP contribution in [-0.4, -0.2) is 24.9 Å². The molecule has 1 unspecified atom stereocenters. The lowest BCUT2D eigenvalue weighted by Crippen LogP contribution is -1.92. The highest BCUT2D eigenvalue weighted by Gasteiger charge is 2.17. The molecular formula is C6H12O4P+. The smallest absolute Gasteiger partial charge is 0.396 e. The van der Waals surface area contributed by atoms with Crippen molar-refractivity contribution in [3.63, 3.8) is 0 Å². The predicted octanol–water partition coefficient (Wildman–Crippen LogP) is 1.25. The average Bonchev–Trinajstić information content (AvgIpc) is 2.01. The number of rotatable bonds is 7. The average molecular weight is 179 g/mol. The van der Waals surface area contributed by atoms with Gasteiger partial charge in [-0.15, -0.1) is 15.6 Å². The summed E-state index contributed by atoms with van der Waals surface area (Å²) in [4.78, 5) is 0. The predicted molar refractivity (Wildman–Crippen MR) is 41.4 cm³/mol. The van der Waals surface area contributed by atoms with Crippen LogP contribution in [0.15, 0.2) is 12.7 Å². The third-order valence-electron chi connectivity index (χ3n) is 0.797. The first kappa shape index (κ1) is 10.7. The van der Waals surface area contributed by atoms with Crippen molar-refractivity contribution < 1.29 is 18.7 Å². The Morgan fingerprint density at radius 2 is 2.27 bits per heavy atom. The first-order valence-corrected chi connectivity index (χ1v) is 4.35. The molecule has 0 saturated heterocycles. The summed E-state index contributed by atoms with van der Waals surface area (Å²) in [6.07, 6.45) is 1.96. The minimum absolute atomic E-state index is 0.0324. The highest BCUT2D eigenvalue weighted by atomic mass is 31.1. The Labute approximate surface area is 66.8 Å². The van der Waals surface area contributed by atoms with Crippen LogP contribution < -0.4 is 0 Å². The molecule has 0 aromatic heterocycles. The Hall–Kier alpha value is -0.280. The van der Waals surface area contributed by atoms with Gasteiger partial charge < -0.3 is 5.11 Å². The van der Waals surface area contributed by atoms with E-state index in [-0.39, 0.29) is 19.8 Å². The minimum Gasteiger partial charge on any atom is -0.396 e. The van der Waals surface area contributed by atoms with Crippen molar-refractivity contribution in [3.8, 4) is 0 Å². The largest absolute Gasteiger partial charge is 0.697 e. The molecule has 0 saturated carbocycles. The first-order chi connectivity index (χ1) is 5.31. The van der Waals surface area contributed by atoms with E-state index < -0.39 is 8.25 Å². The summed E-state index contributed by atoms with van der Waals surface area (Å²) in [5.74, 6) is 0. The maximum atomic E-state index is 10.7. The van der Waals surface area contributed by atoms with E-state index >= 15 is 0 Å². The molecule has 64 valence electrons. The van der Waals surface area contributed by atoms with Gasteiger partial charge in [0.05, 0.1) is 0 Å². The highest BCUT2D eigenvalue weighted by molar-refractivity contribution is 7.33. The van der Waals surface area contributed by atoms with Crippen molar-refractivity contribution >= 4 is 8.25 Å². The fourth-order valence-corrected chi connectivity index (χ4v) is 0.934. The van der Waals surface area contributed by atoms with Crippen LogP contribution in [0, 0.1) is 0 Å². The third kappa shape index (κ3) is 7.62. The van der Waals surface area contributed by atoms with Gasteiger partial charge in [0.2, 0.25) is 0 Å². The fraction of sp³-hybridized carbons (Fsp3) is 0.667. The molecule has 1 N–H and O–H groups in total. The monoisotopic (exact) mass is 179 g/mol. The summed E-state index contributed by atoms with van der Waals surface area (Å²) in [7, 11) is -2.03. The van der Waals surface area contributed by atoms with Gasteiger partial charge >= 0.3 is 8.25 Å². The fourth-order valence-electron chi connectivity index (χ4n) is 0.354. The molecule has 0 radical (unpaired) electrons. The van der Waals surface area contributed by atoms with E-state index in [4.69, 9.17) is 5.11 Å². The van der Waals surface area contributed by atoms with Gasteiger partial charge in [0.15, 0.2) is 0 Å². The van der Waals surface area contributed by atoms with Crippen molar-refractivity contribution in [3.05, 3.63) is 12.7 Å². The zero-order valence-corrected chi connectivity index (χ0v) is 7.13. The van der Waals surface area contributed by atoms with Gasteiger partial charge in [-0.25, -0.2) is 0 Å². The van der Waals surface area contributed by atoms with Crippen LogP contribution >= 0.6 is 8.25 Å². The molecule has 0 spiro atoms. The Bertz CT molecular complexity index is 126. The quantitative estimate of drug-likeness (QED) is 0.363. The van der Waals surface area contributed by atoms with Crippen LogP contribution in [0.4, 0.5) is 0 Å². The van der Waals surface area contributed by atoms with E-state index in [1.54, 1.807) is 0 Å². The molecule has 0 aliphatic rings. The van der Waals surface area contributed by atoms with Crippen LogP contribution in [0.1, 0.15) is 6.42 Å². The van der Waals surface area contributed by atoms with E-state index in [9.17, 15) is 4.57 Å². The topological polar surface area (TPSA) is 55.8 Å². The molecule has 0 aromatic rings. The second-order valence-corrected chi connectivity index (χ2v) is 2.68. The van der Waals surface area contributed by atoms with Crippen molar-refractivity contribution in [2.75, 3.05) is 19.8 Å². The molecule has 0 rings (SSSR count). The van der Waals surface area contributed by atoms with Gasteiger partial charge in [0, 0.05) is 11.2 Å². The van der Waals surface area contributed by atoms with Crippen molar-refractivity contribution in [2.24, 2.45) is 0 Å². The highest BCUT2D eigenvalue weighted by Crippen LogP contribution is 2.22. The third-order valence-corrected chi connectivity index (χ3v) is 1.55. The zero-order valence-electron chi connectivity index (χ0n) is 6.23. The zero-order chi connectivity index (χ0) is 8.53. The molecular weight excluding hydrogens is 167 g/mol. The standard InChI is InChI=1S/C6H12O4P/c1-2-5-9-11(8)10-6-3-4-7/h2,7H,1,3-6H2/q+1. The Balaban J connectivity index is 3.15. The van der Waals surface area contributed by atoms with Gasteiger partial charge in [-0.3, -0.25) is 0 Å². The molecule has 5 heteroatoms. The van der Waals surface area contributed by atoms with Gasteiger partial charge in [-0.05, 0) is 6.42 Å². The normalized spacial score (nSPS) is 11.2. The minimum atomic E-state index is -2.03. The van der Waals surface area contributed by atoms with Gasteiger partial charge in [-0.1, -0.05) is 6.08 Å². The van der Waals surface area contributed by atoms with Gasteiger partial charge in [-0.2, -0.15) is 0 Å². The summed E-state index contributed by atoms with van der Waals surface area (Å²) in [5.41, 5.74) is 0. The maximum absolute atomic E-state index is 10.7. The SMILES string of the molecule is C=CCO[P+](=O)OCCCO. The van der Waals surface area contributed by atoms with Crippen LogP contribution in [-0.2, 0) is 13.6 Å². The number of hydrogen-bond donors (Lipinski definition) is 1. The second-order valence-electron chi connectivity index (χ2n) is 1.72. The summed E-state index contributed by atoms with van der Waals surface area (Å²) in [5, 5.41) is 8.32. The Kier molecular flexibility index (Phi) is 7.62. The van der Waals surface area contributed by atoms with Crippen molar-refractivity contribution in [1.29, 1.82) is 0 Å². The molecule has 0 aliphatic heterocycles. The van der Waals surface area contributed by atoms with E-state index in [2.05, 4.69) is 15.6 Å². The van der Waals surface area contributed by atoms with Gasteiger partial charge in [0.1, 0.15) is 13.2 Å². The maximum Gasteiger partial charge on any atom is 0.697 e. The van der Waals surface area contributed by atoms with Crippen LogP contribution in [0.3, 0.4) is 0 Å². The second kappa shape index (κ2) is 7.82. The lowest BCUT2D eigenvalue weighted by atomic mass is 10.5. The first-order valence-electron chi connectivity index (χ1n) is 3.26. The van der Waals surface area contributed by atoms with Crippen LogP contribution in [0.5, 0.6) is 0 Å².